The maximum Gasteiger partial charge on any atom is 0.226 e. The summed E-state index contributed by atoms with van der Waals surface area (Å²) in [7, 11) is 3.14. The van der Waals surface area contributed by atoms with Gasteiger partial charge in [-0.05, 0) is 25.1 Å². The second kappa shape index (κ2) is 6.78. The molecule has 0 aliphatic carbocycles. The molecule has 1 aromatic carbocycles. The quantitative estimate of drug-likeness (QED) is 0.885. The molecule has 21 heavy (non-hydrogen) atoms. The number of benzene rings is 1. The van der Waals surface area contributed by atoms with E-state index in [2.05, 4.69) is 10.4 Å². The molecule has 0 aliphatic rings. The van der Waals surface area contributed by atoms with E-state index >= 15 is 0 Å². The van der Waals surface area contributed by atoms with E-state index in [9.17, 15) is 4.79 Å². The molecule has 0 bridgehead atoms. The highest BCUT2D eigenvalue weighted by Crippen LogP contribution is 2.28. The Morgan fingerprint density at radius 1 is 1.29 bits per heavy atom. The molecule has 0 unspecified atom stereocenters. The van der Waals surface area contributed by atoms with Gasteiger partial charge in [0.05, 0.1) is 25.6 Å². The van der Waals surface area contributed by atoms with Gasteiger partial charge < -0.3 is 14.8 Å². The van der Waals surface area contributed by atoms with E-state index in [0.29, 0.717) is 30.2 Å². The van der Waals surface area contributed by atoms with Gasteiger partial charge in [-0.25, -0.2) is 0 Å². The molecule has 0 spiro atoms. The lowest BCUT2D eigenvalue weighted by Crippen LogP contribution is -2.15. The number of hydrogen-bond donors (Lipinski definition) is 1. The Morgan fingerprint density at radius 3 is 2.71 bits per heavy atom. The van der Waals surface area contributed by atoms with Crippen molar-refractivity contribution < 1.29 is 14.3 Å². The first-order valence-corrected chi connectivity index (χ1v) is 6.64. The van der Waals surface area contributed by atoms with Crippen LogP contribution in [-0.2, 0) is 11.3 Å². The number of anilines is 1. The number of aromatic nitrogens is 2. The smallest absolute Gasteiger partial charge is 0.226 e. The molecule has 2 aromatic rings. The number of carbonyl (C=O) groups is 1. The van der Waals surface area contributed by atoms with Gasteiger partial charge in [0.25, 0.3) is 0 Å². The van der Waals surface area contributed by atoms with Crippen molar-refractivity contribution in [2.24, 2.45) is 0 Å². The fourth-order valence-corrected chi connectivity index (χ4v) is 1.93. The number of nitrogens with zero attached hydrogens (tertiary/aromatic N) is 2. The van der Waals surface area contributed by atoms with Crippen LogP contribution >= 0.6 is 0 Å². The van der Waals surface area contributed by atoms with Crippen LogP contribution in [0.5, 0.6) is 11.5 Å². The Kier molecular flexibility index (Phi) is 4.81. The SMILES string of the molecule is COc1ccc(OC)c(NC(=O)CCn2ccc(C)n2)c1. The van der Waals surface area contributed by atoms with Crippen LogP contribution in [0, 0.1) is 6.92 Å². The third kappa shape index (κ3) is 3.98. The molecule has 0 atom stereocenters. The minimum absolute atomic E-state index is 0.102. The van der Waals surface area contributed by atoms with E-state index in [-0.39, 0.29) is 5.91 Å². The van der Waals surface area contributed by atoms with Crippen molar-refractivity contribution in [2.45, 2.75) is 19.9 Å². The Bertz CT molecular complexity index is 622. The highest BCUT2D eigenvalue weighted by atomic mass is 16.5. The number of methoxy groups -OCH3 is 2. The summed E-state index contributed by atoms with van der Waals surface area (Å²) in [5.74, 6) is 1.16. The molecule has 1 amide bonds. The summed E-state index contributed by atoms with van der Waals surface area (Å²) in [6.45, 7) is 2.45. The van der Waals surface area contributed by atoms with E-state index in [4.69, 9.17) is 9.47 Å². The average Bonchev–Trinajstić information content (AvgIpc) is 2.90. The molecule has 0 saturated carbocycles. The molecule has 0 fully saturated rings. The first-order valence-electron chi connectivity index (χ1n) is 6.64. The molecule has 0 radical (unpaired) electrons. The number of rotatable bonds is 6. The monoisotopic (exact) mass is 289 g/mol. The van der Waals surface area contributed by atoms with Gasteiger partial charge in [0.2, 0.25) is 5.91 Å². The third-order valence-electron chi connectivity index (χ3n) is 3.02. The van der Waals surface area contributed by atoms with E-state index in [1.54, 1.807) is 37.1 Å². The third-order valence-corrected chi connectivity index (χ3v) is 3.02. The minimum Gasteiger partial charge on any atom is -0.497 e. The van der Waals surface area contributed by atoms with Gasteiger partial charge in [0, 0.05) is 25.2 Å². The second-order valence-electron chi connectivity index (χ2n) is 4.58. The average molecular weight is 289 g/mol. The van der Waals surface area contributed by atoms with Crippen LogP contribution in [0.3, 0.4) is 0 Å². The predicted molar refractivity (Wildman–Crippen MR) is 79.8 cm³/mol. The standard InChI is InChI=1S/C15H19N3O3/c1-11-6-8-18(17-11)9-7-15(19)16-13-10-12(20-2)4-5-14(13)21-3/h4-6,8,10H,7,9H2,1-3H3,(H,16,19). The molecule has 1 heterocycles. The number of amides is 1. The molecule has 2 rings (SSSR count). The van der Waals surface area contributed by atoms with Gasteiger partial charge in [0.15, 0.2) is 0 Å². The first-order chi connectivity index (χ1) is 10.1. The van der Waals surface area contributed by atoms with E-state index in [1.807, 2.05) is 19.2 Å². The minimum atomic E-state index is -0.102. The van der Waals surface area contributed by atoms with Gasteiger partial charge in [-0.3, -0.25) is 9.48 Å². The van der Waals surface area contributed by atoms with Crippen molar-refractivity contribution in [1.29, 1.82) is 0 Å². The highest BCUT2D eigenvalue weighted by Gasteiger charge is 2.09. The first kappa shape index (κ1) is 14.9. The van der Waals surface area contributed by atoms with Gasteiger partial charge in [-0.15, -0.1) is 0 Å². The maximum atomic E-state index is 12.0. The molecule has 1 N–H and O–H groups in total. The van der Waals surface area contributed by atoms with E-state index < -0.39 is 0 Å². The summed E-state index contributed by atoms with van der Waals surface area (Å²) in [6, 6.07) is 7.17. The van der Waals surface area contributed by atoms with Crippen molar-refractivity contribution in [3.05, 3.63) is 36.2 Å². The van der Waals surface area contributed by atoms with E-state index in [0.717, 1.165) is 5.69 Å². The summed E-state index contributed by atoms with van der Waals surface area (Å²) < 4.78 is 12.1. The van der Waals surface area contributed by atoms with Gasteiger partial charge >= 0.3 is 0 Å². The predicted octanol–water partition coefficient (Wildman–Crippen LogP) is 2.24. The van der Waals surface area contributed by atoms with Crippen LogP contribution in [0.15, 0.2) is 30.5 Å². The van der Waals surface area contributed by atoms with Crippen LogP contribution < -0.4 is 14.8 Å². The van der Waals surface area contributed by atoms with Crippen molar-refractivity contribution in [3.63, 3.8) is 0 Å². The molecule has 0 saturated heterocycles. The van der Waals surface area contributed by atoms with Crippen LogP contribution in [0.2, 0.25) is 0 Å². The molecule has 6 nitrogen and oxygen atoms in total. The van der Waals surface area contributed by atoms with Gasteiger partial charge in [0.1, 0.15) is 11.5 Å². The van der Waals surface area contributed by atoms with Gasteiger partial charge in [-0.1, -0.05) is 0 Å². The van der Waals surface area contributed by atoms with Crippen molar-refractivity contribution in [2.75, 3.05) is 19.5 Å². The van der Waals surface area contributed by atoms with Crippen LogP contribution in [-0.4, -0.2) is 29.9 Å². The fourth-order valence-electron chi connectivity index (χ4n) is 1.93. The largest absolute Gasteiger partial charge is 0.497 e. The van der Waals surface area contributed by atoms with Crippen LogP contribution in [0.1, 0.15) is 12.1 Å². The van der Waals surface area contributed by atoms with E-state index in [1.165, 1.54) is 0 Å². The lowest BCUT2D eigenvalue weighted by Gasteiger charge is -2.11. The molecule has 0 aliphatic heterocycles. The van der Waals surface area contributed by atoms with Crippen molar-refractivity contribution in [3.8, 4) is 11.5 Å². The Morgan fingerprint density at radius 2 is 2.10 bits per heavy atom. The lowest BCUT2D eigenvalue weighted by atomic mass is 10.2. The summed E-state index contributed by atoms with van der Waals surface area (Å²) in [5, 5.41) is 7.07. The molecular formula is C15H19N3O3. The highest BCUT2D eigenvalue weighted by molar-refractivity contribution is 5.92. The van der Waals surface area contributed by atoms with Crippen LogP contribution in [0.25, 0.3) is 0 Å². The van der Waals surface area contributed by atoms with Crippen molar-refractivity contribution >= 4 is 11.6 Å². The summed E-state index contributed by atoms with van der Waals surface area (Å²) in [4.78, 5) is 12.0. The Hall–Kier alpha value is -2.50. The number of ether oxygens (including phenoxy) is 2. The molecular weight excluding hydrogens is 270 g/mol. The normalized spacial score (nSPS) is 10.2. The molecule has 6 heteroatoms. The zero-order valence-corrected chi connectivity index (χ0v) is 12.4. The Labute approximate surface area is 123 Å². The number of aryl methyl sites for hydroxylation is 2. The van der Waals surface area contributed by atoms with Crippen molar-refractivity contribution in [1.82, 2.24) is 9.78 Å². The maximum absolute atomic E-state index is 12.0. The lowest BCUT2D eigenvalue weighted by molar-refractivity contribution is -0.116. The second-order valence-corrected chi connectivity index (χ2v) is 4.58. The Balaban J connectivity index is 1.98. The summed E-state index contributed by atoms with van der Waals surface area (Å²) in [5.41, 5.74) is 1.53. The fraction of sp³-hybridized carbons (Fsp3) is 0.333. The molecule has 1 aromatic heterocycles. The summed E-state index contributed by atoms with van der Waals surface area (Å²) in [6.07, 6.45) is 2.19. The number of nitrogens with one attached hydrogen (secondary N) is 1. The molecule has 112 valence electrons. The zero-order chi connectivity index (χ0) is 15.2. The summed E-state index contributed by atoms with van der Waals surface area (Å²) >= 11 is 0. The topological polar surface area (TPSA) is 65.4 Å². The van der Waals surface area contributed by atoms with Gasteiger partial charge in [-0.2, -0.15) is 5.10 Å². The zero-order valence-electron chi connectivity index (χ0n) is 12.4. The number of carbonyl (C=O) groups excluding carboxylic acids is 1. The number of hydrogen-bond acceptors (Lipinski definition) is 4. The van der Waals surface area contributed by atoms with Crippen LogP contribution in [0.4, 0.5) is 5.69 Å².